The van der Waals surface area contributed by atoms with Crippen molar-refractivity contribution in [3.8, 4) is 0 Å². The number of hydrogen-bond donors (Lipinski definition) is 1. The van der Waals surface area contributed by atoms with E-state index >= 15 is 0 Å². The van der Waals surface area contributed by atoms with E-state index in [4.69, 9.17) is 9.47 Å². The van der Waals surface area contributed by atoms with Crippen molar-refractivity contribution in [2.24, 2.45) is 0 Å². The van der Waals surface area contributed by atoms with Gasteiger partial charge in [0.15, 0.2) is 0 Å². The Morgan fingerprint density at radius 1 is 1.33 bits per heavy atom. The Morgan fingerprint density at radius 2 is 1.94 bits per heavy atom. The van der Waals surface area contributed by atoms with Crippen LogP contribution >= 0.6 is 0 Å². The fourth-order valence-electron chi connectivity index (χ4n) is 1.47. The number of rotatable bonds is 7. The van der Waals surface area contributed by atoms with Crippen molar-refractivity contribution in [1.29, 1.82) is 0 Å². The Kier molecular flexibility index (Phi) is 8.03. The van der Waals surface area contributed by atoms with Crippen LogP contribution in [0.3, 0.4) is 0 Å². The summed E-state index contributed by atoms with van der Waals surface area (Å²) in [5.41, 5.74) is 0. The average molecular weight is 257 g/mol. The molecule has 1 amide bonds. The van der Waals surface area contributed by atoms with Crippen molar-refractivity contribution in [3.05, 3.63) is 12.2 Å². The number of nitrogens with one attached hydrogen (secondary N) is 1. The van der Waals surface area contributed by atoms with Crippen molar-refractivity contribution < 1.29 is 19.1 Å². The number of amides is 1. The van der Waals surface area contributed by atoms with Gasteiger partial charge in [-0.05, 0) is 26.3 Å². The Balaban J connectivity index is 4.23. The van der Waals surface area contributed by atoms with Crippen molar-refractivity contribution in [2.45, 2.75) is 52.4 Å². The summed E-state index contributed by atoms with van der Waals surface area (Å²) in [6.07, 6.45) is 3.25. The minimum Gasteiger partial charge on any atom is -0.459 e. The average Bonchev–Trinajstić information content (AvgIpc) is 2.31. The Labute approximate surface area is 109 Å². The molecule has 5 heteroatoms. The predicted molar refractivity (Wildman–Crippen MR) is 69.1 cm³/mol. The second-order valence-corrected chi connectivity index (χ2v) is 4.14. The van der Waals surface area contributed by atoms with Gasteiger partial charge in [0, 0.05) is 20.1 Å². The second-order valence-electron chi connectivity index (χ2n) is 4.14. The summed E-state index contributed by atoms with van der Waals surface area (Å²) in [5, 5.41) is 2.83. The molecule has 0 radical (unpaired) electrons. The molecule has 0 aromatic carbocycles. The molecule has 0 bridgehead atoms. The van der Waals surface area contributed by atoms with Crippen LogP contribution in [0.25, 0.3) is 0 Å². The second kappa shape index (κ2) is 8.69. The van der Waals surface area contributed by atoms with Gasteiger partial charge in [-0.2, -0.15) is 0 Å². The van der Waals surface area contributed by atoms with Crippen LogP contribution in [0, 0.1) is 0 Å². The maximum Gasteiger partial charge on any atom is 0.303 e. The molecule has 0 fully saturated rings. The number of methoxy groups -OCH3 is 1. The highest BCUT2D eigenvalue weighted by Gasteiger charge is 2.15. The van der Waals surface area contributed by atoms with Gasteiger partial charge >= 0.3 is 5.97 Å². The molecule has 0 saturated heterocycles. The molecular weight excluding hydrogens is 234 g/mol. The maximum absolute atomic E-state index is 11.6. The Bertz CT molecular complexity index is 301. The van der Waals surface area contributed by atoms with Crippen LogP contribution in [0.2, 0.25) is 0 Å². The van der Waals surface area contributed by atoms with Crippen molar-refractivity contribution in [3.63, 3.8) is 0 Å². The lowest BCUT2D eigenvalue weighted by Gasteiger charge is -2.22. The lowest BCUT2D eigenvalue weighted by molar-refractivity contribution is -0.143. The third-order valence-electron chi connectivity index (χ3n) is 2.58. The predicted octanol–water partition coefficient (Wildman–Crippen LogP) is 1.42. The van der Waals surface area contributed by atoms with Gasteiger partial charge in [0.25, 0.3) is 0 Å². The summed E-state index contributed by atoms with van der Waals surface area (Å²) in [7, 11) is 1.61. The van der Waals surface area contributed by atoms with E-state index < -0.39 is 6.10 Å². The summed E-state index contributed by atoms with van der Waals surface area (Å²) < 4.78 is 10.0. The number of esters is 1. The first kappa shape index (κ1) is 16.6. The third kappa shape index (κ3) is 7.06. The Morgan fingerprint density at radius 3 is 2.39 bits per heavy atom. The van der Waals surface area contributed by atoms with Crippen molar-refractivity contribution >= 4 is 11.9 Å². The molecular formula is C13H23NO4. The highest BCUT2D eigenvalue weighted by molar-refractivity contribution is 5.87. The van der Waals surface area contributed by atoms with E-state index in [1.54, 1.807) is 20.1 Å². The van der Waals surface area contributed by atoms with Crippen LogP contribution in [0.15, 0.2) is 12.2 Å². The first-order chi connectivity index (χ1) is 8.40. The summed E-state index contributed by atoms with van der Waals surface area (Å²) in [6.45, 7) is 6.91. The van der Waals surface area contributed by atoms with E-state index in [2.05, 4.69) is 5.32 Å². The lowest BCUT2D eigenvalue weighted by Crippen LogP contribution is -2.41. The van der Waals surface area contributed by atoms with Gasteiger partial charge in [-0.15, -0.1) is 0 Å². The molecule has 104 valence electrons. The van der Waals surface area contributed by atoms with E-state index in [-0.39, 0.29) is 24.0 Å². The molecule has 0 aromatic rings. The SMILES string of the molecule is CCC(NC(=O)/C=C\[C@H](C)OC(C)=O)[C@@H](C)OC. The van der Waals surface area contributed by atoms with Crippen LogP contribution in [0.1, 0.15) is 34.1 Å². The zero-order chi connectivity index (χ0) is 14.1. The summed E-state index contributed by atoms with van der Waals surface area (Å²) >= 11 is 0. The van der Waals surface area contributed by atoms with Crippen LogP contribution in [-0.4, -0.2) is 37.2 Å². The zero-order valence-electron chi connectivity index (χ0n) is 11.7. The fraction of sp³-hybridized carbons (Fsp3) is 0.692. The molecule has 0 aliphatic rings. The number of hydrogen-bond acceptors (Lipinski definition) is 4. The molecule has 3 atom stereocenters. The molecule has 0 aliphatic heterocycles. The molecule has 1 unspecified atom stereocenters. The van der Waals surface area contributed by atoms with E-state index in [0.717, 1.165) is 6.42 Å². The monoisotopic (exact) mass is 257 g/mol. The maximum atomic E-state index is 11.6. The van der Waals surface area contributed by atoms with Gasteiger partial charge in [0.05, 0.1) is 12.1 Å². The number of carbonyl (C=O) groups is 2. The van der Waals surface area contributed by atoms with Gasteiger partial charge in [0.1, 0.15) is 6.10 Å². The topological polar surface area (TPSA) is 64.6 Å². The standard InChI is InChI=1S/C13H23NO4/c1-6-12(10(3)17-5)14-13(16)8-7-9(2)18-11(4)15/h7-10,12H,6H2,1-5H3,(H,14,16)/b8-7-/t9-,10+,12?/m0/s1. The van der Waals surface area contributed by atoms with Gasteiger partial charge < -0.3 is 14.8 Å². The highest BCUT2D eigenvalue weighted by atomic mass is 16.5. The summed E-state index contributed by atoms with van der Waals surface area (Å²) in [6, 6.07) is -0.0313. The van der Waals surface area contributed by atoms with Crippen LogP contribution in [-0.2, 0) is 19.1 Å². The summed E-state index contributed by atoms with van der Waals surface area (Å²) in [5.74, 6) is -0.586. The van der Waals surface area contributed by atoms with Gasteiger partial charge in [0.2, 0.25) is 5.91 Å². The highest BCUT2D eigenvalue weighted by Crippen LogP contribution is 2.02. The van der Waals surface area contributed by atoms with E-state index in [1.165, 1.54) is 13.0 Å². The Hall–Kier alpha value is -1.36. The summed E-state index contributed by atoms with van der Waals surface area (Å²) in [4.78, 5) is 22.3. The molecule has 18 heavy (non-hydrogen) atoms. The molecule has 0 heterocycles. The zero-order valence-corrected chi connectivity index (χ0v) is 11.7. The molecule has 5 nitrogen and oxygen atoms in total. The van der Waals surface area contributed by atoms with Crippen LogP contribution < -0.4 is 5.32 Å². The minimum absolute atomic E-state index is 0.0313. The van der Waals surface area contributed by atoms with Crippen molar-refractivity contribution in [2.75, 3.05) is 7.11 Å². The van der Waals surface area contributed by atoms with Crippen LogP contribution in [0.4, 0.5) is 0 Å². The largest absolute Gasteiger partial charge is 0.459 e. The number of ether oxygens (including phenoxy) is 2. The van der Waals surface area contributed by atoms with Gasteiger partial charge in [-0.3, -0.25) is 9.59 Å². The van der Waals surface area contributed by atoms with E-state index in [0.29, 0.717) is 0 Å². The van der Waals surface area contributed by atoms with Crippen molar-refractivity contribution in [1.82, 2.24) is 5.32 Å². The minimum atomic E-state index is -0.409. The quantitative estimate of drug-likeness (QED) is 0.553. The smallest absolute Gasteiger partial charge is 0.303 e. The molecule has 0 spiro atoms. The fourth-order valence-corrected chi connectivity index (χ4v) is 1.47. The molecule has 1 N–H and O–H groups in total. The first-order valence-electron chi connectivity index (χ1n) is 6.09. The first-order valence-corrected chi connectivity index (χ1v) is 6.09. The molecule has 0 aromatic heterocycles. The molecule has 0 aliphatic carbocycles. The third-order valence-corrected chi connectivity index (χ3v) is 2.58. The van der Waals surface area contributed by atoms with Crippen LogP contribution in [0.5, 0.6) is 0 Å². The molecule has 0 rings (SSSR count). The molecule has 0 saturated carbocycles. The van der Waals surface area contributed by atoms with E-state index in [1.807, 2.05) is 13.8 Å². The lowest BCUT2D eigenvalue weighted by atomic mass is 10.1. The van der Waals surface area contributed by atoms with Gasteiger partial charge in [-0.1, -0.05) is 6.92 Å². The van der Waals surface area contributed by atoms with E-state index in [9.17, 15) is 9.59 Å². The van der Waals surface area contributed by atoms with Gasteiger partial charge in [-0.25, -0.2) is 0 Å². The number of carbonyl (C=O) groups excluding carboxylic acids is 2. The normalized spacial score (nSPS) is 16.1.